The fourth-order valence-electron chi connectivity index (χ4n) is 3.56. The van der Waals surface area contributed by atoms with Crippen LogP contribution in [0.15, 0.2) is 5.11 Å². The molecule has 1 aliphatic heterocycles. The molecule has 0 unspecified atom stereocenters. The van der Waals surface area contributed by atoms with Crippen LogP contribution in [-0.2, 0) is 23.9 Å². The van der Waals surface area contributed by atoms with Crippen molar-refractivity contribution in [3.05, 3.63) is 10.4 Å². The van der Waals surface area contributed by atoms with Gasteiger partial charge in [-0.1, -0.05) is 5.11 Å². The minimum Gasteiger partial charge on any atom is -0.480 e. The van der Waals surface area contributed by atoms with Crippen LogP contribution in [0.2, 0.25) is 0 Å². The number of ether oxygens (including phenoxy) is 1. The maximum atomic E-state index is 12.4. The summed E-state index contributed by atoms with van der Waals surface area (Å²) in [5.41, 5.74) is 8.21. The number of carboxylic acids is 3. The number of nitrogens with zero attached hydrogens (tertiary/aromatic N) is 7. The van der Waals surface area contributed by atoms with Crippen molar-refractivity contribution in [2.45, 2.75) is 0 Å². The molecule has 16 heteroatoms. The smallest absolute Gasteiger partial charge is 0.317 e. The van der Waals surface area contributed by atoms with Gasteiger partial charge in [0.2, 0.25) is 5.91 Å². The topological polar surface area (TPSA) is 212 Å². The van der Waals surface area contributed by atoms with E-state index in [-0.39, 0.29) is 58.4 Å². The second kappa shape index (κ2) is 18.3. The van der Waals surface area contributed by atoms with Gasteiger partial charge in [0.15, 0.2) is 0 Å². The van der Waals surface area contributed by atoms with Gasteiger partial charge in [-0.2, -0.15) is 0 Å². The number of aliphatic carboxylic acids is 3. The maximum Gasteiger partial charge on any atom is 0.317 e. The molecule has 0 bridgehead atoms. The first-order chi connectivity index (χ1) is 17.2. The molecule has 0 atom stereocenters. The summed E-state index contributed by atoms with van der Waals surface area (Å²) in [7, 11) is 0. The molecule has 36 heavy (non-hydrogen) atoms. The molecule has 0 aromatic rings. The van der Waals surface area contributed by atoms with Gasteiger partial charge in [0.05, 0.1) is 39.4 Å². The number of carbonyl (C=O) groups excluding carboxylic acids is 1. The molecule has 1 heterocycles. The predicted octanol–water partition coefficient (Wildman–Crippen LogP) is -2.10. The molecular weight excluding hydrogens is 480 g/mol. The van der Waals surface area contributed by atoms with E-state index < -0.39 is 17.9 Å². The third kappa shape index (κ3) is 15.8. The molecule has 16 nitrogen and oxygen atoms in total. The number of amides is 1. The van der Waals surface area contributed by atoms with Gasteiger partial charge < -0.3 is 25.4 Å². The molecule has 0 spiro atoms. The Hall–Kier alpha value is -3.01. The van der Waals surface area contributed by atoms with Crippen LogP contribution in [0.4, 0.5) is 0 Å². The van der Waals surface area contributed by atoms with Gasteiger partial charge in [-0.3, -0.25) is 38.8 Å². The Bertz CT molecular complexity index is 732. The second-order valence-electron chi connectivity index (χ2n) is 8.20. The minimum absolute atomic E-state index is 0.0334. The number of carbonyl (C=O) groups is 4. The molecular formula is C20H36N8O8. The van der Waals surface area contributed by atoms with Crippen LogP contribution in [0.5, 0.6) is 0 Å². The Morgan fingerprint density at radius 1 is 0.722 bits per heavy atom. The zero-order valence-corrected chi connectivity index (χ0v) is 20.3. The van der Waals surface area contributed by atoms with Crippen LogP contribution < -0.4 is 5.32 Å². The van der Waals surface area contributed by atoms with Crippen molar-refractivity contribution in [3.8, 4) is 0 Å². The van der Waals surface area contributed by atoms with Crippen LogP contribution in [0.3, 0.4) is 0 Å². The van der Waals surface area contributed by atoms with E-state index in [9.17, 15) is 34.5 Å². The summed E-state index contributed by atoms with van der Waals surface area (Å²) in [5.74, 6) is -3.30. The molecule has 204 valence electrons. The van der Waals surface area contributed by atoms with Crippen molar-refractivity contribution in [2.75, 3.05) is 105 Å². The minimum atomic E-state index is -1.02. The molecule has 0 aromatic heterocycles. The fraction of sp³-hybridized carbons (Fsp3) is 0.800. The highest BCUT2D eigenvalue weighted by molar-refractivity contribution is 5.78. The Labute approximate surface area is 209 Å². The van der Waals surface area contributed by atoms with E-state index in [4.69, 9.17) is 10.3 Å². The van der Waals surface area contributed by atoms with Crippen LogP contribution >= 0.6 is 0 Å². The molecule has 0 radical (unpaired) electrons. The average Bonchev–Trinajstić information content (AvgIpc) is 2.79. The zero-order chi connectivity index (χ0) is 26.8. The van der Waals surface area contributed by atoms with Gasteiger partial charge in [-0.15, -0.1) is 0 Å². The third-order valence-corrected chi connectivity index (χ3v) is 5.34. The molecule has 0 saturated carbocycles. The lowest BCUT2D eigenvalue weighted by atomic mass is 10.3. The lowest BCUT2D eigenvalue weighted by Gasteiger charge is -2.32. The van der Waals surface area contributed by atoms with Crippen LogP contribution in [0.25, 0.3) is 10.4 Å². The first-order valence-electron chi connectivity index (χ1n) is 11.6. The number of hydrogen-bond acceptors (Lipinski definition) is 10. The second-order valence-corrected chi connectivity index (χ2v) is 8.20. The fourth-order valence-corrected chi connectivity index (χ4v) is 3.56. The number of rotatable bonds is 14. The summed E-state index contributed by atoms with van der Waals surface area (Å²) in [5, 5.41) is 33.8. The lowest BCUT2D eigenvalue weighted by Crippen LogP contribution is -2.50. The largest absolute Gasteiger partial charge is 0.480 e. The molecule has 1 saturated heterocycles. The Balaban J connectivity index is 2.77. The van der Waals surface area contributed by atoms with Crippen molar-refractivity contribution in [1.82, 2.24) is 24.9 Å². The molecule has 0 aromatic carbocycles. The number of azide groups is 1. The summed E-state index contributed by atoms with van der Waals surface area (Å²) in [6.45, 7) is 2.94. The van der Waals surface area contributed by atoms with Crippen molar-refractivity contribution in [2.24, 2.45) is 5.11 Å². The Kier molecular flexibility index (Phi) is 15.8. The van der Waals surface area contributed by atoms with E-state index in [0.29, 0.717) is 52.4 Å². The summed E-state index contributed by atoms with van der Waals surface area (Å²) in [4.78, 5) is 55.8. The predicted molar refractivity (Wildman–Crippen MR) is 127 cm³/mol. The normalized spacial score (nSPS) is 17.3. The molecule has 1 amide bonds. The van der Waals surface area contributed by atoms with E-state index in [1.807, 2.05) is 4.90 Å². The van der Waals surface area contributed by atoms with E-state index in [0.717, 1.165) is 0 Å². The Morgan fingerprint density at radius 3 is 1.47 bits per heavy atom. The van der Waals surface area contributed by atoms with Crippen molar-refractivity contribution in [1.29, 1.82) is 0 Å². The van der Waals surface area contributed by atoms with Crippen LogP contribution in [0.1, 0.15) is 0 Å². The van der Waals surface area contributed by atoms with Crippen molar-refractivity contribution >= 4 is 23.8 Å². The van der Waals surface area contributed by atoms with Gasteiger partial charge in [0.1, 0.15) is 0 Å². The number of carboxylic acid groups (broad SMARTS) is 3. The molecule has 1 aliphatic rings. The Morgan fingerprint density at radius 2 is 1.11 bits per heavy atom. The first-order valence-corrected chi connectivity index (χ1v) is 11.6. The SMILES string of the molecule is [N-]=[N+]=NCCOCCNC(=O)CN1CCN(CC(=O)O)CCN(CC(=O)O)CCN(CC(=O)O)CC1. The van der Waals surface area contributed by atoms with Gasteiger partial charge in [-0.25, -0.2) is 0 Å². The maximum absolute atomic E-state index is 12.4. The summed E-state index contributed by atoms with van der Waals surface area (Å²) < 4.78 is 5.25. The van der Waals surface area contributed by atoms with Gasteiger partial charge in [-0.05, 0) is 5.53 Å². The van der Waals surface area contributed by atoms with Crippen molar-refractivity contribution in [3.63, 3.8) is 0 Å². The molecule has 1 fully saturated rings. The van der Waals surface area contributed by atoms with Gasteiger partial charge in [0, 0.05) is 70.4 Å². The van der Waals surface area contributed by atoms with E-state index in [1.54, 1.807) is 14.7 Å². The molecule has 0 aliphatic carbocycles. The highest BCUT2D eigenvalue weighted by Gasteiger charge is 2.21. The number of nitrogens with one attached hydrogen (secondary N) is 1. The van der Waals surface area contributed by atoms with Crippen LogP contribution in [-0.4, -0.2) is 164 Å². The first kappa shape index (κ1) is 31.0. The summed E-state index contributed by atoms with van der Waals surface area (Å²) in [6, 6.07) is 0. The highest BCUT2D eigenvalue weighted by atomic mass is 16.5. The van der Waals surface area contributed by atoms with Gasteiger partial charge in [0.25, 0.3) is 0 Å². The average molecular weight is 517 g/mol. The summed E-state index contributed by atoms with van der Waals surface area (Å²) >= 11 is 0. The number of hydrogen-bond donors (Lipinski definition) is 4. The molecule has 4 N–H and O–H groups in total. The highest BCUT2D eigenvalue weighted by Crippen LogP contribution is 2.01. The quantitative estimate of drug-likeness (QED) is 0.0846. The summed E-state index contributed by atoms with van der Waals surface area (Å²) in [6.07, 6.45) is 0. The van der Waals surface area contributed by atoms with E-state index in [1.165, 1.54) is 0 Å². The van der Waals surface area contributed by atoms with Crippen LogP contribution in [0, 0.1) is 0 Å². The van der Waals surface area contributed by atoms with E-state index >= 15 is 0 Å². The van der Waals surface area contributed by atoms with E-state index in [2.05, 4.69) is 15.3 Å². The van der Waals surface area contributed by atoms with Gasteiger partial charge >= 0.3 is 17.9 Å². The lowest BCUT2D eigenvalue weighted by molar-refractivity contribution is -0.140. The van der Waals surface area contributed by atoms with Crippen molar-refractivity contribution < 1.29 is 39.2 Å². The zero-order valence-electron chi connectivity index (χ0n) is 20.3. The molecule has 1 rings (SSSR count). The standard InChI is InChI=1S/C20H36N8O8/c21-24-23-2-12-36-11-1-22-17(29)13-25-3-5-26(14-18(30)31)7-9-28(16-20(34)35)10-8-27(6-4-25)15-19(32)33/h1-16H2,(H,22,29)(H,30,31)(H,32,33)(H,34,35). The third-order valence-electron chi connectivity index (χ3n) is 5.34. The monoisotopic (exact) mass is 516 g/mol.